The fourth-order valence-electron chi connectivity index (χ4n) is 0.552. The predicted octanol–water partition coefficient (Wildman–Crippen LogP) is -0.0868. The van der Waals surface area contributed by atoms with Crippen molar-refractivity contribution in [3.05, 3.63) is 10.4 Å². The molecule has 0 aliphatic carbocycles. The maximum Gasteiger partial charge on any atom is 0.305 e. The molecule has 0 aromatic rings. The van der Waals surface area contributed by atoms with Crippen molar-refractivity contribution in [3.63, 3.8) is 0 Å². The van der Waals surface area contributed by atoms with Gasteiger partial charge in [-0.3, -0.25) is 4.79 Å². The minimum Gasteiger partial charge on any atom is -0.481 e. The van der Waals surface area contributed by atoms with Crippen LogP contribution in [0.3, 0.4) is 0 Å². The van der Waals surface area contributed by atoms with Gasteiger partial charge in [-0.25, -0.2) is 8.42 Å². The fourth-order valence-corrected chi connectivity index (χ4v) is 1.14. The molecule has 0 spiro atoms. The van der Waals surface area contributed by atoms with Gasteiger partial charge < -0.3 is 10.8 Å². The second-order valence-corrected chi connectivity index (χ2v) is 5.12. The third kappa shape index (κ3) is 5.62. The number of rotatable bonds is 4. The van der Waals surface area contributed by atoms with Gasteiger partial charge in [0.15, 0.2) is 9.84 Å². The number of aliphatic carboxylic acids is 1. The highest BCUT2D eigenvalue weighted by molar-refractivity contribution is 7.96. The third-order valence-corrected chi connectivity index (χ3v) is 2.92. The molecule has 0 heterocycles. The van der Waals surface area contributed by atoms with Crippen molar-refractivity contribution in [2.75, 3.05) is 6.26 Å². The molecule has 0 radical (unpaired) electrons. The Hall–Kier alpha value is -0.590. The minimum absolute atomic E-state index is 0.355. The van der Waals surface area contributed by atoms with E-state index < -0.39 is 26.2 Å². The number of hydrogen-bond donors (Lipinski definition) is 2. The standard InChI is InChI=1S/C6H10ClNO4S/c1-13(11,12)5(7)2-4(8)3-6(9)10/h2,4H,3,8H2,1H3,(H,9,10)/t4-/m1/s1. The van der Waals surface area contributed by atoms with Crippen LogP contribution in [0.2, 0.25) is 0 Å². The number of halogens is 1. The van der Waals surface area contributed by atoms with Crippen LogP contribution in [0, 0.1) is 0 Å². The van der Waals surface area contributed by atoms with E-state index in [2.05, 4.69) is 0 Å². The Balaban J connectivity index is 4.49. The molecule has 0 saturated carbocycles. The molecule has 0 aromatic heterocycles. The van der Waals surface area contributed by atoms with Crippen LogP contribution in [0.5, 0.6) is 0 Å². The second kappa shape index (κ2) is 4.59. The van der Waals surface area contributed by atoms with Gasteiger partial charge in [0.25, 0.3) is 0 Å². The van der Waals surface area contributed by atoms with Crippen LogP contribution in [-0.2, 0) is 14.6 Å². The SMILES string of the molecule is CS(=O)(=O)C(Cl)=C[C@@H](N)CC(=O)O. The summed E-state index contributed by atoms with van der Waals surface area (Å²) in [5.41, 5.74) is 5.27. The Morgan fingerprint density at radius 2 is 2.15 bits per heavy atom. The van der Waals surface area contributed by atoms with Gasteiger partial charge in [0.2, 0.25) is 0 Å². The molecule has 3 N–H and O–H groups in total. The molecule has 0 unspecified atom stereocenters. The van der Waals surface area contributed by atoms with Crippen LogP contribution in [0.4, 0.5) is 0 Å². The van der Waals surface area contributed by atoms with Crippen LogP contribution in [0.15, 0.2) is 10.4 Å². The molecule has 0 aliphatic heterocycles. The second-order valence-electron chi connectivity index (χ2n) is 2.50. The first-order valence-corrected chi connectivity index (χ1v) is 5.55. The Morgan fingerprint density at radius 1 is 1.69 bits per heavy atom. The lowest BCUT2D eigenvalue weighted by Crippen LogP contribution is -2.21. The number of nitrogens with two attached hydrogens (primary N) is 1. The molecule has 0 amide bonds. The monoisotopic (exact) mass is 227 g/mol. The van der Waals surface area contributed by atoms with Gasteiger partial charge in [-0.1, -0.05) is 11.6 Å². The van der Waals surface area contributed by atoms with E-state index >= 15 is 0 Å². The summed E-state index contributed by atoms with van der Waals surface area (Å²) in [5, 5.41) is 8.30. The Kier molecular flexibility index (Phi) is 4.38. The number of carboxylic acid groups (broad SMARTS) is 1. The summed E-state index contributed by atoms with van der Waals surface area (Å²) in [4.78, 5) is 10.1. The van der Waals surface area contributed by atoms with Crippen molar-refractivity contribution in [1.29, 1.82) is 0 Å². The van der Waals surface area contributed by atoms with Crippen molar-refractivity contribution < 1.29 is 18.3 Å². The van der Waals surface area contributed by atoms with E-state index in [1.807, 2.05) is 0 Å². The van der Waals surface area contributed by atoms with E-state index in [4.69, 9.17) is 22.4 Å². The first-order valence-electron chi connectivity index (χ1n) is 3.28. The van der Waals surface area contributed by atoms with Gasteiger partial charge in [0.1, 0.15) is 4.36 Å². The predicted molar refractivity (Wildman–Crippen MR) is 49.0 cm³/mol. The van der Waals surface area contributed by atoms with Gasteiger partial charge in [0.05, 0.1) is 6.42 Å². The van der Waals surface area contributed by atoms with Crippen molar-refractivity contribution in [2.45, 2.75) is 12.5 Å². The van der Waals surface area contributed by atoms with Gasteiger partial charge in [-0.15, -0.1) is 0 Å². The molecule has 1 atom stereocenters. The quantitative estimate of drug-likeness (QED) is 0.700. The molecule has 76 valence electrons. The maximum atomic E-state index is 10.7. The molecule has 0 fully saturated rings. The first kappa shape index (κ1) is 12.4. The molecule has 0 rings (SSSR count). The summed E-state index contributed by atoms with van der Waals surface area (Å²) in [6.45, 7) is 0. The number of sulfone groups is 1. The summed E-state index contributed by atoms with van der Waals surface area (Å²) in [6, 6.07) is -0.889. The first-order chi connectivity index (χ1) is 5.73. The summed E-state index contributed by atoms with van der Waals surface area (Å²) in [7, 11) is -3.48. The van der Waals surface area contributed by atoms with E-state index in [-0.39, 0.29) is 6.42 Å². The fraction of sp³-hybridized carbons (Fsp3) is 0.500. The zero-order valence-electron chi connectivity index (χ0n) is 6.90. The van der Waals surface area contributed by atoms with E-state index in [0.29, 0.717) is 0 Å². The highest BCUT2D eigenvalue weighted by Crippen LogP contribution is 2.10. The molecule has 0 bridgehead atoms. The Morgan fingerprint density at radius 3 is 2.46 bits per heavy atom. The Bertz CT molecular complexity index is 322. The van der Waals surface area contributed by atoms with Crippen molar-refractivity contribution in [3.8, 4) is 0 Å². The van der Waals surface area contributed by atoms with Gasteiger partial charge >= 0.3 is 5.97 Å². The third-order valence-electron chi connectivity index (χ3n) is 1.11. The van der Waals surface area contributed by atoms with Crippen LogP contribution in [0.1, 0.15) is 6.42 Å². The van der Waals surface area contributed by atoms with Crippen LogP contribution < -0.4 is 5.73 Å². The lowest BCUT2D eigenvalue weighted by Gasteiger charge is -2.02. The van der Waals surface area contributed by atoms with Crippen molar-refractivity contribution in [2.24, 2.45) is 5.73 Å². The zero-order chi connectivity index (χ0) is 10.6. The highest BCUT2D eigenvalue weighted by Gasteiger charge is 2.11. The van der Waals surface area contributed by atoms with Gasteiger partial charge in [0, 0.05) is 12.3 Å². The van der Waals surface area contributed by atoms with Crippen LogP contribution in [0.25, 0.3) is 0 Å². The summed E-state index contributed by atoms with van der Waals surface area (Å²) in [5.74, 6) is -1.11. The highest BCUT2D eigenvalue weighted by atomic mass is 35.5. The largest absolute Gasteiger partial charge is 0.481 e. The summed E-state index contributed by atoms with van der Waals surface area (Å²) >= 11 is 5.34. The minimum atomic E-state index is -3.48. The van der Waals surface area contributed by atoms with Crippen LogP contribution in [-0.4, -0.2) is 31.8 Å². The van der Waals surface area contributed by atoms with Gasteiger partial charge in [-0.05, 0) is 6.08 Å². The smallest absolute Gasteiger partial charge is 0.305 e. The average molecular weight is 228 g/mol. The lowest BCUT2D eigenvalue weighted by atomic mass is 10.2. The average Bonchev–Trinajstić information content (AvgIpc) is 1.82. The van der Waals surface area contributed by atoms with E-state index in [0.717, 1.165) is 12.3 Å². The molecular formula is C6H10ClNO4S. The zero-order valence-corrected chi connectivity index (χ0v) is 8.47. The molecule has 5 nitrogen and oxygen atoms in total. The number of carbonyl (C=O) groups is 1. The number of hydrogen-bond acceptors (Lipinski definition) is 4. The van der Waals surface area contributed by atoms with Gasteiger partial charge in [-0.2, -0.15) is 0 Å². The summed E-state index contributed by atoms with van der Waals surface area (Å²) < 4.78 is 21.1. The molecule has 13 heavy (non-hydrogen) atoms. The van der Waals surface area contributed by atoms with Crippen molar-refractivity contribution in [1.82, 2.24) is 0 Å². The van der Waals surface area contributed by atoms with Crippen molar-refractivity contribution >= 4 is 27.4 Å². The van der Waals surface area contributed by atoms with E-state index in [9.17, 15) is 13.2 Å². The van der Waals surface area contributed by atoms with Crippen LogP contribution >= 0.6 is 11.6 Å². The normalized spacial score (nSPS) is 15.5. The lowest BCUT2D eigenvalue weighted by molar-refractivity contribution is -0.137. The molecule has 0 saturated heterocycles. The molecular weight excluding hydrogens is 218 g/mol. The Labute approximate surface area is 81.1 Å². The topological polar surface area (TPSA) is 97.5 Å². The molecule has 7 heteroatoms. The van der Waals surface area contributed by atoms with E-state index in [1.165, 1.54) is 0 Å². The summed E-state index contributed by atoms with van der Waals surface area (Å²) in [6.07, 6.45) is 1.57. The molecule has 0 aromatic carbocycles. The maximum absolute atomic E-state index is 10.7. The number of carboxylic acids is 1. The molecule has 0 aliphatic rings. The van der Waals surface area contributed by atoms with E-state index in [1.54, 1.807) is 0 Å².